The fourth-order valence-electron chi connectivity index (χ4n) is 2.65. The lowest BCUT2D eigenvalue weighted by Gasteiger charge is -2.21. The van der Waals surface area contributed by atoms with Crippen molar-refractivity contribution in [3.05, 3.63) is 29.8 Å². The summed E-state index contributed by atoms with van der Waals surface area (Å²) in [5.74, 6) is 1.06. The van der Waals surface area contributed by atoms with Gasteiger partial charge in [0.25, 0.3) is 0 Å². The maximum Gasteiger partial charge on any atom is 0.0546 e. The number of benzene rings is 1. The van der Waals surface area contributed by atoms with Crippen molar-refractivity contribution in [2.75, 3.05) is 18.0 Å². The second kappa shape index (κ2) is 5.09. The van der Waals surface area contributed by atoms with Crippen LogP contribution in [-0.2, 0) is 0 Å². The minimum Gasteiger partial charge on any atom is -0.393 e. The molecule has 2 heteroatoms. The molecule has 1 aromatic rings. The lowest BCUT2D eigenvalue weighted by atomic mass is 10.1. The van der Waals surface area contributed by atoms with Crippen molar-refractivity contribution >= 4 is 5.69 Å². The quantitative estimate of drug-likeness (QED) is 0.845. The molecule has 1 saturated carbocycles. The predicted octanol–water partition coefficient (Wildman–Crippen LogP) is 3.02. The summed E-state index contributed by atoms with van der Waals surface area (Å²) < 4.78 is 0. The molecule has 3 atom stereocenters. The van der Waals surface area contributed by atoms with E-state index >= 15 is 0 Å². The summed E-state index contributed by atoms with van der Waals surface area (Å²) in [4.78, 5) is 2.35. The van der Waals surface area contributed by atoms with Crippen LogP contribution in [0.4, 0.5) is 5.69 Å². The summed E-state index contributed by atoms with van der Waals surface area (Å²) in [6.45, 7) is 8.36. The standard InChI is InChI=1S/C15H23NO/c1-4-16(5-2)13-8-6-12(7-9-13)15-10-14(15)11(3)17/h6-9,11,14-15,17H,4-5,10H2,1-3H3/t11-,14+,15-/m0/s1. The zero-order valence-electron chi connectivity index (χ0n) is 11.1. The Bertz CT molecular complexity index is 354. The number of hydrogen-bond donors (Lipinski definition) is 1. The minimum atomic E-state index is -0.164. The average molecular weight is 233 g/mol. The first kappa shape index (κ1) is 12.4. The van der Waals surface area contributed by atoms with Gasteiger partial charge in [-0.1, -0.05) is 12.1 Å². The Morgan fingerprint density at radius 1 is 1.24 bits per heavy atom. The van der Waals surface area contributed by atoms with E-state index in [1.165, 1.54) is 11.3 Å². The van der Waals surface area contributed by atoms with Crippen molar-refractivity contribution in [1.29, 1.82) is 0 Å². The zero-order valence-corrected chi connectivity index (χ0v) is 11.1. The molecular formula is C15H23NO. The van der Waals surface area contributed by atoms with Crippen LogP contribution in [0.15, 0.2) is 24.3 Å². The first-order chi connectivity index (χ1) is 8.17. The first-order valence-corrected chi connectivity index (χ1v) is 6.70. The van der Waals surface area contributed by atoms with Crippen molar-refractivity contribution in [3.8, 4) is 0 Å². The average Bonchev–Trinajstić information content (AvgIpc) is 3.12. The van der Waals surface area contributed by atoms with Crippen LogP contribution in [0, 0.1) is 5.92 Å². The van der Waals surface area contributed by atoms with Crippen LogP contribution in [0.3, 0.4) is 0 Å². The van der Waals surface area contributed by atoms with Crippen LogP contribution < -0.4 is 4.90 Å². The normalized spacial score (nSPS) is 24.5. The molecule has 0 spiro atoms. The summed E-state index contributed by atoms with van der Waals surface area (Å²) in [5.41, 5.74) is 2.68. The van der Waals surface area contributed by atoms with Crippen LogP contribution in [0.1, 0.15) is 38.7 Å². The first-order valence-electron chi connectivity index (χ1n) is 6.70. The van der Waals surface area contributed by atoms with Gasteiger partial charge in [0.15, 0.2) is 0 Å². The van der Waals surface area contributed by atoms with Gasteiger partial charge in [-0.05, 0) is 56.7 Å². The fourth-order valence-corrected chi connectivity index (χ4v) is 2.65. The Morgan fingerprint density at radius 2 is 1.82 bits per heavy atom. The fraction of sp³-hybridized carbons (Fsp3) is 0.600. The second-order valence-electron chi connectivity index (χ2n) is 5.01. The molecule has 94 valence electrons. The smallest absolute Gasteiger partial charge is 0.0546 e. The molecule has 0 radical (unpaired) electrons. The highest BCUT2D eigenvalue weighted by Crippen LogP contribution is 2.49. The molecule has 0 aromatic heterocycles. The Kier molecular flexibility index (Phi) is 3.72. The highest BCUT2D eigenvalue weighted by molar-refractivity contribution is 5.48. The Hall–Kier alpha value is -1.02. The van der Waals surface area contributed by atoms with Gasteiger partial charge in [0.05, 0.1) is 6.10 Å². The van der Waals surface area contributed by atoms with E-state index in [0.29, 0.717) is 11.8 Å². The van der Waals surface area contributed by atoms with Gasteiger partial charge < -0.3 is 10.0 Å². The summed E-state index contributed by atoms with van der Waals surface area (Å²) in [7, 11) is 0. The van der Waals surface area contributed by atoms with Gasteiger partial charge in [0, 0.05) is 18.8 Å². The van der Waals surface area contributed by atoms with Gasteiger partial charge in [-0.3, -0.25) is 0 Å². The van der Waals surface area contributed by atoms with E-state index in [-0.39, 0.29) is 6.10 Å². The molecule has 0 heterocycles. The van der Waals surface area contributed by atoms with E-state index in [0.717, 1.165) is 19.5 Å². The highest BCUT2D eigenvalue weighted by atomic mass is 16.3. The van der Waals surface area contributed by atoms with Crippen LogP contribution in [-0.4, -0.2) is 24.3 Å². The Balaban J connectivity index is 2.04. The third kappa shape index (κ3) is 2.63. The van der Waals surface area contributed by atoms with E-state index < -0.39 is 0 Å². The molecule has 1 aliphatic carbocycles. The predicted molar refractivity (Wildman–Crippen MR) is 72.5 cm³/mol. The largest absolute Gasteiger partial charge is 0.393 e. The second-order valence-corrected chi connectivity index (χ2v) is 5.01. The number of nitrogens with zero attached hydrogens (tertiary/aromatic N) is 1. The summed E-state index contributed by atoms with van der Waals surface area (Å²) >= 11 is 0. The molecule has 1 fully saturated rings. The van der Waals surface area contributed by atoms with Crippen molar-refractivity contribution in [2.24, 2.45) is 5.92 Å². The third-order valence-corrected chi connectivity index (χ3v) is 3.91. The lowest BCUT2D eigenvalue weighted by Crippen LogP contribution is -2.21. The van der Waals surface area contributed by atoms with Crippen molar-refractivity contribution in [1.82, 2.24) is 0 Å². The van der Waals surface area contributed by atoms with E-state index in [4.69, 9.17) is 0 Å². The van der Waals surface area contributed by atoms with E-state index in [1.54, 1.807) is 0 Å². The molecule has 2 nitrogen and oxygen atoms in total. The van der Waals surface area contributed by atoms with Gasteiger partial charge in [0.2, 0.25) is 0 Å². The maximum absolute atomic E-state index is 9.53. The molecule has 1 aliphatic rings. The molecule has 0 bridgehead atoms. The topological polar surface area (TPSA) is 23.5 Å². The Labute approximate surface area is 104 Å². The Morgan fingerprint density at radius 3 is 2.24 bits per heavy atom. The van der Waals surface area contributed by atoms with Crippen LogP contribution in [0.5, 0.6) is 0 Å². The van der Waals surface area contributed by atoms with Gasteiger partial charge in [0.1, 0.15) is 0 Å². The molecular weight excluding hydrogens is 210 g/mol. The summed E-state index contributed by atoms with van der Waals surface area (Å²) in [6.07, 6.45) is 0.977. The lowest BCUT2D eigenvalue weighted by molar-refractivity contribution is 0.169. The number of rotatable bonds is 5. The van der Waals surface area contributed by atoms with Crippen molar-refractivity contribution in [2.45, 2.75) is 39.2 Å². The molecule has 0 aliphatic heterocycles. The number of aliphatic hydroxyl groups is 1. The number of aliphatic hydroxyl groups excluding tert-OH is 1. The van der Waals surface area contributed by atoms with Gasteiger partial charge in [-0.25, -0.2) is 0 Å². The SMILES string of the molecule is CCN(CC)c1ccc([C@@H]2C[C@@H]2[C@H](C)O)cc1. The van der Waals surface area contributed by atoms with E-state index in [1.807, 2.05) is 6.92 Å². The van der Waals surface area contributed by atoms with Crippen LogP contribution in [0.25, 0.3) is 0 Å². The molecule has 1 aromatic carbocycles. The van der Waals surface area contributed by atoms with Crippen molar-refractivity contribution < 1.29 is 5.11 Å². The summed E-state index contributed by atoms with van der Waals surface area (Å²) in [5, 5.41) is 9.53. The molecule has 0 unspecified atom stereocenters. The molecule has 1 N–H and O–H groups in total. The van der Waals surface area contributed by atoms with Crippen LogP contribution in [0.2, 0.25) is 0 Å². The third-order valence-electron chi connectivity index (χ3n) is 3.91. The van der Waals surface area contributed by atoms with Gasteiger partial charge in [-0.2, -0.15) is 0 Å². The number of hydrogen-bond acceptors (Lipinski definition) is 2. The van der Waals surface area contributed by atoms with Gasteiger partial charge >= 0.3 is 0 Å². The monoisotopic (exact) mass is 233 g/mol. The minimum absolute atomic E-state index is 0.164. The van der Waals surface area contributed by atoms with E-state index in [9.17, 15) is 5.11 Å². The molecule has 0 amide bonds. The number of anilines is 1. The molecule has 2 rings (SSSR count). The maximum atomic E-state index is 9.53. The zero-order chi connectivity index (χ0) is 12.4. The summed E-state index contributed by atoms with van der Waals surface area (Å²) in [6, 6.07) is 8.86. The van der Waals surface area contributed by atoms with Crippen LogP contribution >= 0.6 is 0 Å². The molecule has 17 heavy (non-hydrogen) atoms. The van der Waals surface area contributed by atoms with Crippen molar-refractivity contribution in [3.63, 3.8) is 0 Å². The van der Waals surface area contributed by atoms with Gasteiger partial charge in [-0.15, -0.1) is 0 Å². The molecule has 0 saturated heterocycles. The highest BCUT2D eigenvalue weighted by Gasteiger charge is 2.41. The van der Waals surface area contributed by atoms with E-state index in [2.05, 4.69) is 43.0 Å².